The smallest absolute Gasteiger partial charge is 0.338 e. The Balaban J connectivity index is 0.446. The fourth-order valence-electron chi connectivity index (χ4n) is 34.2. The number of hydrogen-bond acceptors (Lipinski definition) is 17. The van der Waals surface area contributed by atoms with Crippen LogP contribution in [0.25, 0.3) is 291 Å². The van der Waals surface area contributed by atoms with Crippen molar-refractivity contribution in [1.82, 2.24) is 14.7 Å². The van der Waals surface area contributed by atoms with Gasteiger partial charge in [0.2, 0.25) is 0 Å². The summed E-state index contributed by atoms with van der Waals surface area (Å²) >= 11 is 0. The van der Waals surface area contributed by atoms with Crippen LogP contribution < -0.4 is 14.2 Å². The molecule has 1 fully saturated rings. The molecule has 3 amide bonds. The molecule has 20 nitrogen and oxygen atoms in total. The standard InChI is InChI=1S/C122H89N3O17/c1-14-123(15-2)51(126)37-140-112-43-27-42-29-46(30-47(113(42)141-38-52(127)124(16-3)17-4)35-134-40-136-41-135-36-48-34-50(119(11,12)13)33-45(28-44(112)32-49(31-43)118(8,9)10)114(48)142-39-53(128)125(18-5)19-6)115(129)138-25-23-132-21-22-133-24-26-139-117(131)122(116(130)137-20-7)120-108-100-92-82-72-64-56-54-55-58-62-60(56)68-76-70(62)80-74-66(58)67-59(55)63-61-57(54)65(64)73-79-69(61)77-71(63)81-75(67)85-84(74)94-88(80)98-90(76)96(86(92)78(68)72)104(108)106(98)110-102(94)103-95(85)89(81)99-91(77)97-87(79)93(83(73)82)101(100)109(120)105(97)107(99)111(103)121(110,120)122/h29-34H,14-28,35-41H2,1-13H3. The molecule has 0 aromatic heterocycles. The molecule has 31 aromatic rings. The summed E-state index contributed by atoms with van der Waals surface area (Å²) in [6.07, 6.45) is 0.295. The average molecular weight is 1870 g/mol. The minimum atomic E-state index is -1.91. The summed E-state index contributed by atoms with van der Waals surface area (Å²) in [6, 6.07) is 11.8. The van der Waals surface area contributed by atoms with Gasteiger partial charge in [-0.2, -0.15) is 0 Å². The molecule has 5 aliphatic carbocycles. The van der Waals surface area contributed by atoms with Gasteiger partial charge in [-0.3, -0.25) is 24.0 Å². The van der Waals surface area contributed by atoms with Crippen LogP contribution >= 0.6 is 0 Å². The molecule has 0 unspecified atom stereocenters. The second-order valence-electron chi connectivity index (χ2n) is 45.1. The van der Waals surface area contributed by atoms with E-state index in [1.54, 1.807) is 26.8 Å². The fraction of sp³-hybridized carbons (Fsp3) is 0.328. The highest BCUT2D eigenvalue weighted by molar-refractivity contribution is 6.83. The highest BCUT2D eigenvalue weighted by Gasteiger charge is 3.01. The Labute approximate surface area is 805 Å². The SMILES string of the molecule is CCOC(=O)C1(C(=O)OCCOCCOCCOC(=O)c2cc3c(OCC(=O)N(CC)CC)c(c2)Cc2cc(C(C)(C)C)cc(c2OCC(=O)N(CC)CC)Cc2cc(C(C)(C)C)cc(c2OCC(=O)N(CC)CC)COCOCOC3)C23c4c5c6c7c8c9c(c%10c%11c2c2c4c4c%12c5c5c6c6c8c8c%13c9c9c%10c%10c%11c%11c2c2c4c4c%12c%12c5c5c6c8c6c8c%13c9c9c%10c%10c%11c2c2c4c4c%12c5c6c5c8c9c%10c2c45)C713. The molecule has 2 spiro atoms. The lowest BCUT2D eigenvalue weighted by atomic mass is 9.68. The Kier molecular flexibility index (Phi) is 13.0. The zero-order chi connectivity index (χ0) is 94.7. The van der Waals surface area contributed by atoms with E-state index in [4.69, 9.17) is 52.1 Å². The average Bonchev–Trinajstić information content (AvgIpc) is 1.35. The van der Waals surface area contributed by atoms with Crippen LogP contribution in [0.3, 0.4) is 0 Å². The number of fused-ring (bicyclic) bond motifs is 6. The van der Waals surface area contributed by atoms with Crippen molar-refractivity contribution < 1.29 is 80.9 Å². The van der Waals surface area contributed by atoms with E-state index in [-0.39, 0.29) is 134 Å². The second-order valence-corrected chi connectivity index (χ2v) is 45.1. The monoisotopic (exact) mass is 1870 g/mol. The van der Waals surface area contributed by atoms with Crippen molar-refractivity contribution in [2.45, 2.75) is 138 Å². The Bertz CT molecular complexity index is 10000. The van der Waals surface area contributed by atoms with E-state index >= 15 is 14.4 Å². The zero-order valence-corrected chi connectivity index (χ0v) is 80.8. The number of carbonyl (C=O) groups excluding carboxylic acids is 6. The largest absolute Gasteiger partial charge is 0.483 e. The maximum Gasteiger partial charge on any atom is 0.338 e. The Morgan fingerprint density at radius 2 is 0.507 bits per heavy atom. The molecule has 694 valence electrons. The van der Waals surface area contributed by atoms with E-state index < -0.39 is 39.6 Å². The first-order valence-corrected chi connectivity index (χ1v) is 51.5. The Morgan fingerprint density at radius 1 is 0.282 bits per heavy atom. The topological polar surface area (TPSA) is 214 Å². The van der Waals surface area contributed by atoms with Gasteiger partial charge >= 0.3 is 17.9 Å². The molecule has 1 heterocycles. The van der Waals surface area contributed by atoms with Crippen LogP contribution in [0.5, 0.6) is 17.2 Å². The van der Waals surface area contributed by atoms with E-state index in [0.717, 1.165) is 22.3 Å². The second kappa shape index (κ2) is 23.7. The minimum Gasteiger partial charge on any atom is -0.483 e. The van der Waals surface area contributed by atoms with Crippen molar-refractivity contribution in [3.63, 3.8) is 0 Å². The molecule has 1 saturated carbocycles. The number of rotatable bonds is 28. The normalized spacial score (nSPS) is 18.8. The maximum absolute atomic E-state index is 17.8. The lowest BCUT2D eigenvalue weighted by molar-refractivity contribution is -0.167. The first kappa shape index (κ1) is 77.8. The predicted octanol–water partition coefficient (Wildman–Crippen LogP) is 23.8. The summed E-state index contributed by atoms with van der Waals surface area (Å²) in [4.78, 5) is 97.9. The molecule has 31 aromatic carbocycles. The third-order valence-electron chi connectivity index (χ3n) is 38.2. The van der Waals surface area contributed by atoms with Crippen LogP contribution in [0.4, 0.5) is 0 Å². The van der Waals surface area contributed by atoms with Gasteiger partial charge in [-0.1, -0.05) is 59.7 Å². The number of amides is 3. The molecule has 20 heteroatoms. The van der Waals surface area contributed by atoms with Crippen LogP contribution in [-0.2, 0) is 110 Å². The number of likely N-dealkylation sites (N-methyl/N-ethyl adjacent to an activating group) is 3. The predicted molar refractivity (Wildman–Crippen MR) is 559 cm³/mol. The van der Waals surface area contributed by atoms with E-state index in [9.17, 15) is 14.4 Å². The number of carbonyl (C=O) groups is 6. The number of nitrogens with zero attached hydrogens (tertiary/aromatic N) is 3. The third kappa shape index (κ3) is 7.19. The molecule has 6 bridgehead atoms. The van der Waals surface area contributed by atoms with Crippen LogP contribution in [0.1, 0.15) is 167 Å². The molecular weight excluding hydrogens is 1780 g/mol. The van der Waals surface area contributed by atoms with Crippen molar-refractivity contribution in [2.24, 2.45) is 5.41 Å². The minimum absolute atomic E-state index is 0.000394. The van der Waals surface area contributed by atoms with Gasteiger partial charge in [-0.25, -0.2) is 4.79 Å². The van der Waals surface area contributed by atoms with Crippen molar-refractivity contribution in [2.75, 3.05) is 119 Å². The summed E-state index contributed by atoms with van der Waals surface area (Å²) < 4.78 is 72.1. The summed E-state index contributed by atoms with van der Waals surface area (Å²) in [5, 5.41) is 76.2. The van der Waals surface area contributed by atoms with E-state index in [2.05, 4.69) is 65.8 Å². The summed E-state index contributed by atoms with van der Waals surface area (Å²) in [6.45, 7) is 27.8. The van der Waals surface area contributed by atoms with E-state index in [1.165, 1.54) is 313 Å². The quantitative estimate of drug-likeness (QED) is 0.0147. The van der Waals surface area contributed by atoms with Crippen molar-refractivity contribution in [1.29, 1.82) is 0 Å². The molecule has 1 aliphatic heterocycles. The van der Waals surface area contributed by atoms with Crippen LogP contribution in [0.15, 0.2) is 36.4 Å². The molecule has 37 rings (SSSR count). The summed E-state index contributed by atoms with van der Waals surface area (Å²) in [5.74, 6) is -1.13. The van der Waals surface area contributed by atoms with E-state index in [0.29, 0.717) is 78.8 Å². The highest BCUT2D eigenvalue weighted by Crippen LogP contribution is 2.97. The Morgan fingerprint density at radius 3 is 0.775 bits per heavy atom. The third-order valence-corrected chi connectivity index (χ3v) is 38.2. The van der Waals surface area contributed by atoms with Gasteiger partial charge < -0.3 is 66.8 Å². The van der Waals surface area contributed by atoms with Gasteiger partial charge in [-0.05, 0) is 424 Å². The number of ether oxygens (including phenoxy) is 11. The maximum atomic E-state index is 17.8. The van der Waals surface area contributed by atoms with Gasteiger partial charge in [0.05, 0.1) is 62.6 Å². The van der Waals surface area contributed by atoms with Crippen LogP contribution in [0.2, 0.25) is 0 Å². The first-order valence-electron chi connectivity index (χ1n) is 51.5. The molecule has 6 aliphatic rings. The zero-order valence-electron chi connectivity index (χ0n) is 80.8. The van der Waals surface area contributed by atoms with Crippen LogP contribution in [-0.4, -0.2) is 169 Å². The van der Waals surface area contributed by atoms with Crippen LogP contribution in [0, 0.1) is 5.41 Å². The highest BCUT2D eigenvalue weighted by atomic mass is 16.7. The molecule has 0 N–H and O–H groups in total. The number of hydrogen-bond donors (Lipinski definition) is 0. The van der Waals surface area contributed by atoms with Gasteiger partial charge in [0.15, 0.2) is 25.2 Å². The van der Waals surface area contributed by atoms with Gasteiger partial charge in [0.1, 0.15) is 44.0 Å². The molecule has 0 atom stereocenters. The number of esters is 3. The van der Waals surface area contributed by atoms with Crippen molar-refractivity contribution in [3.8, 4) is 17.2 Å². The van der Waals surface area contributed by atoms with E-state index in [1.807, 2.05) is 48.5 Å². The van der Waals surface area contributed by atoms with Crippen molar-refractivity contribution >= 4 is 326 Å². The molecule has 0 saturated heterocycles. The van der Waals surface area contributed by atoms with Gasteiger partial charge in [0, 0.05) is 63.2 Å². The van der Waals surface area contributed by atoms with Crippen molar-refractivity contribution in [3.05, 3.63) is 109 Å². The van der Waals surface area contributed by atoms with Gasteiger partial charge in [0.25, 0.3) is 17.7 Å². The summed E-state index contributed by atoms with van der Waals surface area (Å²) in [5.41, 5.74) is 5.38. The number of benzene rings is 21. The molecule has 142 heavy (non-hydrogen) atoms. The molecular formula is C122H89N3O17. The first-order chi connectivity index (χ1) is 69.1. The Hall–Kier alpha value is -13.9. The fourth-order valence-corrected chi connectivity index (χ4v) is 34.2. The lowest BCUT2D eigenvalue weighted by Gasteiger charge is -2.32. The van der Waals surface area contributed by atoms with Gasteiger partial charge in [-0.15, -0.1) is 0 Å². The lowest BCUT2D eigenvalue weighted by Crippen LogP contribution is -2.39. The molecule has 0 radical (unpaired) electrons. The summed E-state index contributed by atoms with van der Waals surface area (Å²) in [7, 11) is 0.